The van der Waals surface area contributed by atoms with Crippen molar-refractivity contribution >= 4 is 22.7 Å². The number of benzene rings is 2. The summed E-state index contributed by atoms with van der Waals surface area (Å²) in [5, 5.41) is 2.83. The highest BCUT2D eigenvalue weighted by molar-refractivity contribution is 5.93. The summed E-state index contributed by atoms with van der Waals surface area (Å²) in [6, 6.07) is 11.5. The third-order valence-electron chi connectivity index (χ3n) is 3.66. The number of rotatable bonds is 4. The normalized spacial score (nSPS) is 10.9. The molecule has 0 unspecified atom stereocenters. The number of anilines is 1. The molecule has 5 nitrogen and oxygen atoms in total. The lowest BCUT2D eigenvalue weighted by atomic mass is 10.1. The van der Waals surface area contributed by atoms with E-state index < -0.39 is 0 Å². The molecule has 0 atom stereocenters. The molecule has 1 N–H and O–H groups in total. The van der Waals surface area contributed by atoms with Gasteiger partial charge >= 0.3 is 0 Å². The van der Waals surface area contributed by atoms with E-state index in [1.165, 1.54) is 7.11 Å². The summed E-state index contributed by atoms with van der Waals surface area (Å²) in [4.78, 5) is 16.3. The second-order valence-corrected chi connectivity index (χ2v) is 5.45. The highest BCUT2D eigenvalue weighted by atomic mass is 16.5. The van der Waals surface area contributed by atoms with Crippen molar-refractivity contribution in [1.29, 1.82) is 0 Å². The zero-order valence-electron chi connectivity index (χ0n) is 13.3. The monoisotopic (exact) mass is 310 g/mol. The number of carbonyl (C=O) groups excluding carboxylic acids is 1. The number of fused-ring (bicyclic) bond motifs is 1. The number of nitrogens with one attached hydrogen (secondary N) is 1. The molecule has 1 amide bonds. The Kier molecular flexibility index (Phi) is 4.12. The predicted octanol–water partition coefficient (Wildman–Crippen LogP) is 3.70. The Balaban J connectivity index is 1.99. The standard InChI is InChI=1S/C18H18N2O3/c1-11-7-8-16-15(9-11)20-18(23-16)13-5-4-6-14(12(13)2)19-17(21)10-22-3/h4-9H,10H2,1-3H3,(H,19,21). The van der Waals surface area contributed by atoms with E-state index in [4.69, 9.17) is 9.15 Å². The van der Waals surface area contributed by atoms with Crippen LogP contribution in [0.25, 0.3) is 22.6 Å². The number of aryl methyl sites for hydroxylation is 1. The van der Waals surface area contributed by atoms with Crippen LogP contribution in [0.4, 0.5) is 5.69 Å². The van der Waals surface area contributed by atoms with Crippen LogP contribution in [-0.2, 0) is 9.53 Å². The van der Waals surface area contributed by atoms with Gasteiger partial charge in [0.25, 0.3) is 0 Å². The minimum Gasteiger partial charge on any atom is -0.436 e. The molecule has 0 spiro atoms. The van der Waals surface area contributed by atoms with Crippen molar-refractivity contribution in [3.8, 4) is 11.5 Å². The van der Waals surface area contributed by atoms with Crippen molar-refractivity contribution in [2.24, 2.45) is 0 Å². The molecule has 0 saturated carbocycles. The highest BCUT2D eigenvalue weighted by Crippen LogP contribution is 2.30. The summed E-state index contributed by atoms with van der Waals surface area (Å²) in [5.74, 6) is 0.354. The number of aromatic nitrogens is 1. The first-order valence-corrected chi connectivity index (χ1v) is 7.34. The molecule has 5 heteroatoms. The topological polar surface area (TPSA) is 64.4 Å². The van der Waals surface area contributed by atoms with Crippen LogP contribution in [0.5, 0.6) is 0 Å². The van der Waals surface area contributed by atoms with Gasteiger partial charge in [-0.2, -0.15) is 0 Å². The van der Waals surface area contributed by atoms with Crippen molar-refractivity contribution in [2.45, 2.75) is 13.8 Å². The van der Waals surface area contributed by atoms with E-state index in [2.05, 4.69) is 10.3 Å². The number of ether oxygens (including phenoxy) is 1. The summed E-state index contributed by atoms with van der Waals surface area (Å²) in [7, 11) is 1.49. The lowest BCUT2D eigenvalue weighted by Crippen LogP contribution is -2.17. The van der Waals surface area contributed by atoms with Gasteiger partial charge in [-0.3, -0.25) is 4.79 Å². The van der Waals surface area contributed by atoms with Crippen LogP contribution < -0.4 is 5.32 Å². The molecule has 2 aromatic carbocycles. The van der Waals surface area contributed by atoms with Gasteiger partial charge in [0.05, 0.1) is 0 Å². The average Bonchev–Trinajstić information content (AvgIpc) is 2.92. The van der Waals surface area contributed by atoms with Crippen molar-refractivity contribution in [1.82, 2.24) is 4.98 Å². The maximum atomic E-state index is 11.7. The van der Waals surface area contributed by atoms with E-state index in [1.807, 2.05) is 50.2 Å². The number of hydrogen-bond acceptors (Lipinski definition) is 4. The minimum absolute atomic E-state index is 0.0197. The zero-order valence-corrected chi connectivity index (χ0v) is 13.3. The minimum atomic E-state index is -0.194. The molecule has 118 valence electrons. The van der Waals surface area contributed by atoms with Crippen LogP contribution in [0.3, 0.4) is 0 Å². The average molecular weight is 310 g/mol. The fourth-order valence-electron chi connectivity index (χ4n) is 2.47. The van der Waals surface area contributed by atoms with Gasteiger partial charge in [0, 0.05) is 18.4 Å². The number of nitrogens with zero attached hydrogens (tertiary/aromatic N) is 1. The van der Waals surface area contributed by atoms with Crippen LogP contribution in [-0.4, -0.2) is 24.6 Å². The fraction of sp³-hybridized carbons (Fsp3) is 0.222. The summed E-state index contributed by atoms with van der Waals surface area (Å²) < 4.78 is 10.7. The molecule has 3 aromatic rings. The molecule has 23 heavy (non-hydrogen) atoms. The lowest BCUT2D eigenvalue weighted by Gasteiger charge is -2.10. The van der Waals surface area contributed by atoms with Gasteiger partial charge < -0.3 is 14.5 Å². The number of carbonyl (C=O) groups is 1. The predicted molar refractivity (Wildman–Crippen MR) is 89.4 cm³/mol. The molecular formula is C18H18N2O3. The van der Waals surface area contributed by atoms with Crippen LogP contribution >= 0.6 is 0 Å². The second-order valence-electron chi connectivity index (χ2n) is 5.45. The van der Waals surface area contributed by atoms with Crippen molar-refractivity contribution in [3.63, 3.8) is 0 Å². The second kappa shape index (κ2) is 6.22. The summed E-state index contributed by atoms with van der Waals surface area (Å²) >= 11 is 0. The molecule has 3 rings (SSSR count). The van der Waals surface area contributed by atoms with Crippen molar-refractivity contribution in [3.05, 3.63) is 47.5 Å². The Morgan fingerprint density at radius 2 is 2.09 bits per heavy atom. The van der Waals surface area contributed by atoms with Gasteiger partial charge in [0.15, 0.2) is 5.58 Å². The van der Waals surface area contributed by atoms with E-state index in [9.17, 15) is 4.79 Å². The molecule has 1 heterocycles. The Bertz CT molecular complexity index is 868. The van der Waals surface area contributed by atoms with E-state index in [0.717, 1.165) is 33.5 Å². The first-order valence-electron chi connectivity index (χ1n) is 7.34. The number of hydrogen-bond donors (Lipinski definition) is 1. The van der Waals surface area contributed by atoms with Crippen molar-refractivity contribution < 1.29 is 13.9 Å². The smallest absolute Gasteiger partial charge is 0.250 e. The molecule has 0 saturated heterocycles. The van der Waals surface area contributed by atoms with Gasteiger partial charge in [-0.05, 0) is 49.2 Å². The maximum Gasteiger partial charge on any atom is 0.250 e. The molecular weight excluding hydrogens is 292 g/mol. The molecule has 0 fully saturated rings. The molecule has 0 aliphatic carbocycles. The first-order chi connectivity index (χ1) is 11.1. The quantitative estimate of drug-likeness (QED) is 0.798. The Morgan fingerprint density at radius 1 is 1.26 bits per heavy atom. The van der Waals surface area contributed by atoms with Gasteiger partial charge in [-0.15, -0.1) is 0 Å². The Morgan fingerprint density at radius 3 is 2.87 bits per heavy atom. The Labute approximate surface area is 134 Å². The first kappa shape index (κ1) is 15.2. The molecule has 0 aliphatic rings. The lowest BCUT2D eigenvalue weighted by molar-refractivity contribution is -0.119. The molecule has 0 bridgehead atoms. The van der Waals surface area contributed by atoms with E-state index in [1.54, 1.807) is 0 Å². The summed E-state index contributed by atoms with van der Waals surface area (Å²) in [6.07, 6.45) is 0. The zero-order chi connectivity index (χ0) is 16.4. The van der Waals surface area contributed by atoms with Gasteiger partial charge in [0.2, 0.25) is 11.8 Å². The van der Waals surface area contributed by atoms with Crippen LogP contribution in [0.1, 0.15) is 11.1 Å². The maximum absolute atomic E-state index is 11.7. The highest BCUT2D eigenvalue weighted by Gasteiger charge is 2.14. The summed E-state index contributed by atoms with van der Waals surface area (Å²) in [5.41, 5.74) is 5.19. The SMILES string of the molecule is COCC(=O)Nc1cccc(-c2nc3cc(C)ccc3o2)c1C. The largest absolute Gasteiger partial charge is 0.436 e. The van der Waals surface area contributed by atoms with E-state index >= 15 is 0 Å². The number of oxazole rings is 1. The molecule has 1 aromatic heterocycles. The molecule has 0 radical (unpaired) electrons. The van der Waals surface area contributed by atoms with E-state index in [0.29, 0.717) is 5.89 Å². The fourth-order valence-corrected chi connectivity index (χ4v) is 2.47. The van der Waals surface area contributed by atoms with Crippen LogP contribution in [0.2, 0.25) is 0 Å². The van der Waals surface area contributed by atoms with Gasteiger partial charge in [0.1, 0.15) is 12.1 Å². The van der Waals surface area contributed by atoms with Gasteiger partial charge in [-0.1, -0.05) is 12.1 Å². The van der Waals surface area contributed by atoms with E-state index in [-0.39, 0.29) is 12.5 Å². The van der Waals surface area contributed by atoms with Crippen LogP contribution in [0, 0.1) is 13.8 Å². The third-order valence-corrected chi connectivity index (χ3v) is 3.66. The van der Waals surface area contributed by atoms with Gasteiger partial charge in [-0.25, -0.2) is 4.98 Å². The van der Waals surface area contributed by atoms with Crippen molar-refractivity contribution in [2.75, 3.05) is 19.0 Å². The third kappa shape index (κ3) is 3.10. The Hall–Kier alpha value is -2.66. The number of methoxy groups -OCH3 is 1. The molecule has 0 aliphatic heterocycles. The van der Waals surface area contributed by atoms with Crippen LogP contribution in [0.15, 0.2) is 40.8 Å². The summed E-state index contributed by atoms with van der Waals surface area (Å²) in [6.45, 7) is 3.97. The number of amides is 1.